The van der Waals surface area contributed by atoms with Gasteiger partial charge in [-0.1, -0.05) is 30.4 Å². The molecule has 0 saturated carbocycles. The maximum atomic E-state index is 10.9. The third-order valence-corrected chi connectivity index (χ3v) is 6.36. The van der Waals surface area contributed by atoms with E-state index in [-0.39, 0.29) is 12.2 Å². The van der Waals surface area contributed by atoms with E-state index in [1.54, 1.807) is 7.11 Å². The highest BCUT2D eigenvalue weighted by Crippen LogP contribution is 2.37. The average molecular weight is 468 g/mol. The Labute approximate surface area is 191 Å². The van der Waals surface area contributed by atoms with Crippen LogP contribution in [0.25, 0.3) is 0 Å². The summed E-state index contributed by atoms with van der Waals surface area (Å²) in [5, 5.41) is 0. The van der Waals surface area contributed by atoms with Crippen LogP contribution in [0.5, 0.6) is 5.75 Å². The molecule has 0 fully saturated rings. The van der Waals surface area contributed by atoms with Crippen molar-refractivity contribution in [2.24, 2.45) is 11.7 Å². The molecule has 0 heterocycles. The van der Waals surface area contributed by atoms with E-state index in [1.165, 1.54) is 11.1 Å². The molecule has 32 heavy (non-hydrogen) atoms. The highest BCUT2D eigenvalue weighted by Gasteiger charge is 2.25. The maximum absolute atomic E-state index is 10.9. The number of nitrogens with two attached hydrogens (primary N) is 1. The minimum atomic E-state index is -4.41. The van der Waals surface area contributed by atoms with Gasteiger partial charge in [0.1, 0.15) is 5.75 Å². The van der Waals surface area contributed by atoms with Gasteiger partial charge < -0.3 is 25.0 Å². The fraction of sp³-hybridized carbons (Fsp3) is 0.583. The van der Waals surface area contributed by atoms with Crippen LogP contribution in [-0.4, -0.2) is 42.3 Å². The Bertz CT molecular complexity index is 834. The Hall–Kier alpha value is -1.47. The molecule has 0 radical (unpaired) electrons. The second-order valence-corrected chi connectivity index (χ2v) is 9.79. The molecule has 0 aromatic heterocycles. The van der Waals surface area contributed by atoms with Crippen molar-refractivity contribution in [2.45, 2.75) is 58.0 Å². The van der Waals surface area contributed by atoms with Crippen molar-refractivity contribution in [1.29, 1.82) is 0 Å². The lowest BCUT2D eigenvalue weighted by Crippen LogP contribution is -2.29. The number of hydrogen-bond donors (Lipinski definition) is 3. The summed E-state index contributed by atoms with van der Waals surface area (Å²) in [5.74, 6) is 1.19. The molecular weight excluding hydrogens is 429 g/mol. The SMILES string of the molecule is COc1ccc(CCOC2(C)C=CC([C@H](CCCN)CCCOP(=O)(O)O)=CC2)cc1C. The van der Waals surface area contributed by atoms with Crippen molar-refractivity contribution < 1.29 is 28.3 Å². The zero-order valence-electron chi connectivity index (χ0n) is 19.5. The molecule has 0 saturated heterocycles. The number of aryl methyl sites for hydroxylation is 1. The van der Waals surface area contributed by atoms with E-state index < -0.39 is 7.82 Å². The Kier molecular flexibility index (Phi) is 10.6. The van der Waals surface area contributed by atoms with Gasteiger partial charge >= 0.3 is 7.82 Å². The number of methoxy groups -OCH3 is 1. The van der Waals surface area contributed by atoms with Gasteiger partial charge in [-0.05, 0) is 87.6 Å². The van der Waals surface area contributed by atoms with Gasteiger partial charge in [0, 0.05) is 0 Å². The molecule has 0 aliphatic heterocycles. The zero-order valence-corrected chi connectivity index (χ0v) is 20.4. The lowest BCUT2D eigenvalue weighted by atomic mass is 9.83. The van der Waals surface area contributed by atoms with Gasteiger partial charge in [-0.25, -0.2) is 4.57 Å². The number of hydrogen-bond acceptors (Lipinski definition) is 5. The van der Waals surface area contributed by atoms with Gasteiger partial charge in [-0.3, -0.25) is 4.52 Å². The van der Waals surface area contributed by atoms with Crippen LogP contribution in [0.3, 0.4) is 0 Å². The van der Waals surface area contributed by atoms with Crippen molar-refractivity contribution in [3.05, 3.63) is 53.1 Å². The first-order chi connectivity index (χ1) is 15.2. The van der Waals surface area contributed by atoms with E-state index >= 15 is 0 Å². The number of benzene rings is 1. The first-order valence-electron chi connectivity index (χ1n) is 11.2. The second-order valence-electron chi connectivity index (χ2n) is 8.55. The van der Waals surface area contributed by atoms with E-state index in [0.717, 1.165) is 43.4 Å². The Morgan fingerprint density at radius 3 is 2.56 bits per heavy atom. The van der Waals surface area contributed by atoms with Gasteiger partial charge in [0.05, 0.1) is 25.9 Å². The van der Waals surface area contributed by atoms with Crippen molar-refractivity contribution >= 4 is 7.82 Å². The molecule has 0 amide bonds. The fourth-order valence-corrected chi connectivity index (χ4v) is 4.36. The van der Waals surface area contributed by atoms with Crippen molar-refractivity contribution in [3.8, 4) is 5.75 Å². The zero-order chi connectivity index (χ0) is 23.6. The van der Waals surface area contributed by atoms with Crippen molar-refractivity contribution in [2.75, 3.05) is 26.9 Å². The summed E-state index contributed by atoms with van der Waals surface area (Å²) in [6.07, 6.45) is 11.3. The normalized spacial score (nSPS) is 19.6. The van der Waals surface area contributed by atoms with Crippen molar-refractivity contribution in [3.63, 3.8) is 0 Å². The summed E-state index contributed by atoms with van der Waals surface area (Å²) in [5.41, 5.74) is 8.94. The van der Waals surface area contributed by atoms with Gasteiger partial charge in [-0.2, -0.15) is 0 Å². The van der Waals surface area contributed by atoms with E-state index in [2.05, 4.69) is 41.8 Å². The molecule has 0 bridgehead atoms. The van der Waals surface area contributed by atoms with Crippen LogP contribution < -0.4 is 10.5 Å². The Morgan fingerprint density at radius 1 is 1.22 bits per heavy atom. The van der Waals surface area contributed by atoms with Crippen LogP contribution in [0.4, 0.5) is 0 Å². The van der Waals surface area contributed by atoms with Gasteiger partial charge in [0.25, 0.3) is 0 Å². The second kappa shape index (κ2) is 12.7. The van der Waals surface area contributed by atoms with E-state index in [9.17, 15) is 4.57 Å². The summed E-state index contributed by atoms with van der Waals surface area (Å²) in [6.45, 7) is 5.44. The van der Waals surface area contributed by atoms with Crippen LogP contribution in [0, 0.1) is 12.8 Å². The first kappa shape index (κ1) is 26.8. The third kappa shape index (κ3) is 9.18. The van der Waals surface area contributed by atoms with Crippen LogP contribution >= 0.6 is 7.82 Å². The van der Waals surface area contributed by atoms with Crippen LogP contribution in [0.1, 0.15) is 50.2 Å². The van der Waals surface area contributed by atoms with Gasteiger partial charge in [-0.15, -0.1) is 0 Å². The maximum Gasteiger partial charge on any atom is 0.469 e. The molecule has 1 aromatic carbocycles. The molecule has 1 aromatic rings. The lowest BCUT2D eigenvalue weighted by Gasteiger charge is -2.30. The standard InChI is InChI=1S/C24H38NO6P/c1-19-18-20(8-9-23(19)29-3)12-17-30-24(2)13-10-22(11-14-24)21(6-4-15-25)7-5-16-31-32(26,27)28/h8-11,13,18,21H,4-7,12,14-17,25H2,1-3H3,(H2,26,27,28)/t21-,24?/m1/s1. The number of phosphoric acid groups is 1. The van der Waals surface area contributed by atoms with E-state index in [4.69, 9.17) is 25.0 Å². The number of ether oxygens (including phenoxy) is 2. The summed E-state index contributed by atoms with van der Waals surface area (Å²) >= 11 is 0. The predicted octanol–water partition coefficient (Wildman–Crippen LogP) is 4.45. The molecule has 2 atom stereocenters. The molecule has 1 aliphatic carbocycles. The smallest absolute Gasteiger partial charge is 0.469 e. The molecule has 2 rings (SSSR count). The third-order valence-electron chi connectivity index (χ3n) is 5.84. The van der Waals surface area contributed by atoms with Crippen LogP contribution in [0.2, 0.25) is 0 Å². The highest BCUT2D eigenvalue weighted by atomic mass is 31.2. The molecule has 0 spiro atoms. The molecular formula is C24H38NO6P. The average Bonchev–Trinajstić information content (AvgIpc) is 2.73. The number of allylic oxidation sites excluding steroid dienone is 2. The molecule has 1 unspecified atom stereocenters. The van der Waals surface area contributed by atoms with Gasteiger partial charge in [0.15, 0.2) is 0 Å². The van der Waals surface area contributed by atoms with E-state index in [1.807, 2.05) is 13.0 Å². The number of phosphoric ester groups is 1. The van der Waals surface area contributed by atoms with Gasteiger partial charge in [0.2, 0.25) is 0 Å². The first-order valence-corrected chi connectivity index (χ1v) is 12.8. The molecule has 4 N–H and O–H groups in total. The van der Waals surface area contributed by atoms with Crippen molar-refractivity contribution in [1.82, 2.24) is 0 Å². The Morgan fingerprint density at radius 2 is 1.97 bits per heavy atom. The summed E-state index contributed by atoms with van der Waals surface area (Å²) in [4.78, 5) is 17.7. The molecule has 1 aliphatic rings. The summed E-state index contributed by atoms with van der Waals surface area (Å²) < 4.78 is 27.0. The largest absolute Gasteiger partial charge is 0.496 e. The quantitative estimate of drug-likeness (QED) is 0.274. The molecule has 8 heteroatoms. The summed E-state index contributed by atoms with van der Waals surface area (Å²) in [7, 11) is -2.73. The minimum Gasteiger partial charge on any atom is -0.496 e. The fourth-order valence-electron chi connectivity index (χ4n) is 3.99. The topological polar surface area (TPSA) is 111 Å². The minimum absolute atomic E-state index is 0.0477. The lowest BCUT2D eigenvalue weighted by molar-refractivity contribution is 0.00832. The van der Waals surface area contributed by atoms with E-state index in [0.29, 0.717) is 25.5 Å². The van der Waals surface area contributed by atoms with Crippen LogP contribution in [-0.2, 0) is 20.2 Å². The predicted molar refractivity (Wildman–Crippen MR) is 127 cm³/mol. The van der Waals surface area contributed by atoms with Crippen LogP contribution in [0.15, 0.2) is 42.0 Å². The monoisotopic (exact) mass is 467 g/mol. The summed E-state index contributed by atoms with van der Waals surface area (Å²) in [6, 6.07) is 6.20. The number of rotatable bonds is 14. The highest BCUT2D eigenvalue weighted by molar-refractivity contribution is 7.46. The Balaban J connectivity index is 1.86. The molecule has 180 valence electrons. The molecule has 7 nitrogen and oxygen atoms in total.